The van der Waals surface area contributed by atoms with Gasteiger partial charge >= 0.3 is 0 Å². The molecule has 0 saturated heterocycles. The Kier molecular flexibility index (Phi) is 6.16. The number of nitrogens with one attached hydrogen (secondary N) is 2. The van der Waals surface area contributed by atoms with Crippen LogP contribution >= 0.6 is 12.2 Å². The molecule has 0 aliphatic rings. The number of rotatable bonds is 6. The van der Waals surface area contributed by atoms with Crippen molar-refractivity contribution in [2.24, 2.45) is 0 Å². The molecular weight excluding hydrogens is 304 g/mol. The molecule has 1 aromatic carbocycles. The Morgan fingerprint density at radius 1 is 1.22 bits per heavy atom. The van der Waals surface area contributed by atoms with Crippen LogP contribution in [0.15, 0.2) is 24.3 Å². The van der Waals surface area contributed by atoms with Crippen LogP contribution in [-0.2, 0) is 6.54 Å². The first-order chi connectivity index (χ1) is 11.0. The van der Waals surface area contributed by atoms with Crippen molar-refractivity contribution < 1.29 is 0 Å². The van der Waals surface area contributed by atoms with Crippen LogP contribution in [0.1, 0.15) is 42.3 Å². The lowest BCUT2D eigenvalue weighted by atomic mass is 10.1. The van der Waals surface area contributed by atoms with Crippen molar-refractivity contribution in [1.82, 2.24) is 15.1 Å². The van der Waals surface area contributed by atoms with E-state index in [9.17, 15) is 0 Å². The fourth-order valence-corrected chi connectivity index (χ4v) is 2.72. The summed E-state index contributed by atoms with van der Waals surface area (Å²) in [5.41, 5.74) is 5.65. The molecule has 2 aromatic rings. The average molecular weight is 331 g/mol. The summed E-state index contributed by atoms with van der Waals surface area (Å²) in [5.74, 6) is 0. The van der Waals surface area contributed by atoms with E-state index >= 15 is 0 Å². The molecule has 0 saturated carbocycles. The van der Waals surface area contributed by atoms with Crippen LogP contribution < -0.4 is 10.6 Å². The molecule has 0 aliphatic heterocycles. The van der Waals surface area contributed by atoms with Gasteiger partial charge in [-0.1, -0.05) is 37.6 Å². The van der Waals surface area contributed by atoms with E-state index in [2.05, 4.69) is 60.8 Å². The third-order valence-electron chi connectivity index (χ3n) is 4.02. The number of thiocarbonyl (C=S) groups is 1. The molecule has 0 radical (unpaired) electrons. The highest BCUT2D eigenvalue weighted by atomic mass is 32.1. The lowest BCUT2D eigenvalue weighted by molar-refractivity contribution is 0.657. The third kappa shape index (κ3) is 4.55. The predicted molar refractivity (Wildman–Crippen MR) is 101 cm³/mol. The summed E-state index contributed by atoms with van der Waals surface area (Å²) >= 11 is 5.37. The second kappa shape index (κ2) is 8.11. The maximum absolute atomic E-state index is 5.37. The van der Waals surface area contributed by atoms with Crippen molar-refractivity contribution in [2.75, 3.05) is 11.9 Å². The van der Waals surface area contributed by atoms with E-state index in [0.717, 1.165) is 43.0 Å². The number of anilines is 1. The van der Waals surface area contributed by atoms with Gasteiger partial charge in [0.15, 0.2) is 5.11 Å². The second-order valence-corrected chi connectivity index (χ2v) is 6.27. The van der Waals surface area contributed by atoms with Gasteiger partial charge < -0.3 is 10.6 Å². The summed E-state index contributed by atoms with van der Waals surface area (Å²) in [7, 11) is 0. The van der Waals surface area contributed by atoms with Crippen molar-refractivity contribution >= 4 is 23.0 Å². The lowest BCUT2D eigenvalue weighted by Gasteiger charge is -2.11. The van der Waals surface area contributed by atoms with Crippen molar-refractivity contribution in [1.29, 1.82) is 0 Å². The van der Waals surface area contributed by atoms with Gasteiger partial charge in [0.2, 0.25) is 0 Å². The first-order valence-electron chi connectivity index (χ1n) is 8.16. The van der Waals surface area contributed by atoms with Gasteiger partial charge in [0.25, 0.3) is 0 Å². The zero-order chi connectivity index (χ0) is 16.8. The van der Waals surface area contributed by atoms with E-state index in [1.807, 2.05) is 11.6 Å². The minimum Gasteiger partial charge on any atom is -0.362 e. The van der Waals surface area contributed by atoms with Crippen molar-refractivity contribution in [3.8, 4) is 0 Å². The molecule has 0 unspecified atom stereocenters. The lowest BCUT2D eigenvalue weighted by Crippen LogP contribution is -2.29. The van der Waals surface area contributed by atoms with Gasteiger partial charge in [-0.15, -0.1) is 0 Å². The van der Waals surface area contributed by atoms with Gasteiger partial charge in [-0.05, 0) is 50.5 Å². The highest BCUT2D eigenvalue weighted by molar-refractivity contribution is 7.80. The molecule has 23 heavy (non-hydrogen) atoms. The maximum atomic E-state index is 5.37. The monoisotopic (exact) mass is 330 g/mol. The quantitative estimate of drug-likeness (QED) is 0.622. The first kappa shape index (κ1) is 17.5. The molecule has 1 aromatic heterocycles. The number of benzene rings is 1. The molecule has 0 aliphatic carbocycles. The van der Waals surface area contributed by atoms with Gasteiger partial charge in [-0.25, -0.2) is 0 Å². The number of aromatic nitrogens is 2. The number of hydrogen-bond acceptors (Lipinski definition) is 2. The van der Waals surface area contributed by atoms with E-state index in [-0.39, 0.29) is 0 Å². The minimum atomic E-state index is 0.667. The van der Waals surface area contributed by atoms with Crippen molar-refractivity contribution in [3.05, 3.63) is 46.8 Å². The average Bonchev–Trinajstić information content (AvgIpc) is 2.77. The highest BCUT2D eigenvalue weighted by Crippen LogP contribution is 2.21. The van der Waals surface area contributed by atoms with E-state index < -0.39 is 0 Å². The standard InChI is InChI=1S/C18H26N4S/c1-5-6-11-19-18(23)20-17-14(3)21-22(15(17)4)12-16-10-8-7-9-13(16)2/h7-10H,5-6,11-12H2,1-4H3,(H2,19,20,23). The Bertz CT molecular complexity index is 676. The highest BCUT2D eigenvalue weighted by Gasteiger charge is 2.13. The minimum absolute atomic E-state index is 0.667. The molecule has 4 nitrogen and oxygen atoms in total. The SMILES string of the molecule is CCCCNC(=S)Nc1c(C)nn(Cc2ccccc2C)c1C. The number of aryl methyl sites for hydroxylation is 2. The van der Waals surface area contributed by atoms with Gasteiger partial charge in [0.05, 0.1) is 23.6 Å². The fraction of sp³-hybridized carbons (Fsp3) is 0.444. The largest absolute Gasteiger partial charge is 0.362 e. The molecule has 0 fully saturated rings. The second-order valence-electron chi connectivity index (χ2n) is 5.86. The molecule has 0 spiro atoms. The Hall–Kier alpha value is -1.88. The summed E-state index contributed by atoms with van der Waals surface area (Å²) in [6.45, 7) is 10.1. The van der Waals surface area contributed by atoms with Crippen molar-refractivity contribution in [3.63, 3.8) is 0 Å². The Morgan fingerprint density at radius 2 is 1.96 bits per heavy atom. The van der Waals surface area contributed by atoms with Crippen LogP contribution in [0.2, 0.25) is 0 Å². The Morgan fingerprint density at radius 3 is 2.65 bits per heavy atom. The molecule has 0 atom stereocenters. The van der Waals surface area contributed by atoms with Crippen LogP contribution in [0, 0.1) is 20.8 Å². The number of nitrogens with zero attached hydrogens (tertiary/aromatic N) is 2. The van der Waals surface area contributed by atoms with E-state index in [4.69, 9.17) is 12.2 Å². The predicted octanol–water partition coefficient (Wildman–Crippen LogP) is 3.94. The molecule has 124 valence electrons. The molecule has 2 N–H and O–H groups in total. The van der Waals surface area contributed by atoms with E-state index in [0.29, 0.717) is 5.11 Å². The molecule has 2 rings (SSSR count). The molecule has 5 heteroatoms. The van der Waals surface area contributed by atoms with Gasteiger partial charge in [-0.2, -0.15) is 5.10 Å². The van der Waals surface area contributed by atoms with Crippen LogP contribution in [0.25, 0.3) is 0 Å². The Balaban J connectivity index is 2.10. The van der Waals surface area contributed by atoms with Gasteiger partial charge in [0, 0.05) is 6.54 Å². The molecule has 0 bridgehead atoms. The summed E-state index contributed by atoms with van der Waals surface area (Å²) in [5, 5.41) is 11.9. The summed E-state index contributed by atoms with van der Waals surface area (Å²) in [4.78, 5) is 0. The number of hydrogen-bond donors (Lipinski definition) is 2. The summed E-state index contributed by atoms with van der Waals surface area (Å²) in [6, 6.07) is 8.41. The zero-order valence-electron chi connectivity index (χ0n) is 14.4. The van der Waals surface area contributed by atoms with Crippen molar-refractivity contribution in [2.45, 2.75) is 47.1 Å². The topological polar surface area (TPSA) is 41.9 Å². The van der Waals surface area contributed by atoms with Crippen LogP contribution in [0.5, 0.6) is 0 Å². The van der Waals surface area contributed by atoms with Gasteiger partial charge in [-0.3, -0.25) is 4.68 Å². The summed E-state index contributed by atoms with van der Waals surface area (Å²) < 4.78 is 2.04. The maximum Gasteiger partial charge on any atom is 0.170 e. The smallest absolute Gasteiger partial charge is 0.170 e. The molecule has 0 amide bonds. The zero-order valence-corrected chi connectivity index (χ0v) is 15.3. The summed E-state index contributed by atoms with van der Waals surface area (Å²) in [6.07, 6.45) is 2.27. The first-order valence-corrected chi connectivity index (χ1v) is 8.57. The van der Waals surface area contributed by atoms with E-state index in [1.165, 1.54) is 11.1 Å². The van der Waals surface area contributed by atoms with E-state index in [1.54, 1.807) is 0 Å². The number of unbranched alkanes of at least 4 members (excludes halogenated alkanes) is 1. The van der Waals surface area contributed by atoms with Gasteiger partial charge in [0.1, 0.15) is 0 Å². The van der Waals surface area contributed by atoms with Crippen LogP contribution in [-0.4, -0.2) is 21.4 Å². The fourth-order valence-electron chi connectivity index (χ4n) is 2.52. The third-order valence-corrected chi connectivity index (χ3v) is 4.26. The normalized spacial score (nSPS) is 10.6. The Labute approximate surface area is 144 Å². The molecular formula is C18H26N4S. The van der Waals surface area contributed by atoms with Crippen LogP contribution in [0.3, 0.4) is 0 Å². The van der Waals surface area contributed by atoms with Crippen LogP contribution in [0.4, 0.5) is 5.69 Å². The molecule has 1 heterocycles.